The van der Waals surface area contributed by atoms with Crippen molar-refractivity contribution in [2.24, 2.45) is 0 Å². The van der Waals surface area contributed by atoms with E-state index in [1.165, 1.54) is 0 Å². The van der Waals surface area contributed by atoms with Gasteiger partial charge >= 0.3 is 0 Å². The maximum Gasteiger partial charge on any atom is 0.255 e. The molecule has 0 fully saturated rings. The van der Waals surface area contributed by atoms with Gasteiger partial charge in [0.05, 0.1) is 37.6 Å². The fraction of sp³-hybridized carbons (Fsp3) is 0.375. The van der Waals surface area contributed by atoms with E-state index in [4.69, 9.17) is 14.2 Å². The fourth-order valence-electron chi connectivity index (χ4n) is 4.63. The molecule has 30 heavy (non-hydrogen) atoms. The topological polar surface area (TPSA) is 60.0 Å². The molecule has 1 N–H and O–H groups in total. The highest BCUT2D eigenvalue weighted by atomic mass is 16.5. The number of carbonyl (C=O) groups is 1. The van der Waals surface area contributed by atoms with Crippen LogP contribution in [0.5, 0.6) is 17.2 Å². The van der Waals surface area contributed by atoms with E-state index < -0.39 is 6.17 Å². The van der Waals surface area contributed by atoms with Crippen molar-refractivity contribution in [2.75, 3.05) is 25.7 Å². The van der Waals surface area contributed by atoms with Gasteiger partial charge in [0.25, 0.3) is 5.91 Å². The molecule has 0 radical (unpaired) electrons. The first kappa shape index (κ1) is 20.1. The molecule has 0 saturated carbocycles. The highest BCUT2D eigenvalue weighted by molar-refractivity contribution is 6.06. The molecular formula is C24H28N2O4. The minimum Gasteiger partial charge on any atom is -0.494 e. The standard InChI is InChI=1S/C24H28N2O4/c1-7-30-15-11-17-14(2)13-24(3,4)26-20(17)18(12-15)23(27)25-22(26)16-9-8-10-19(28-5)21(16)29-6/h8-13,22H,7H2,1-6H3,(H,25,27). The lowest BCUT2D eigenvalue weighted by molar-refractivity contribution is 0.0920. The average Bonchev–Trinajstić information content (AvgIpc) is 2.71. The Balaban J connectivity index is 1.97. The predicted octanol–water partition coefficient (Wildman–Crippen LogP) is 4.55. The van der Waals surface area contributed by atoms with Crippen LogP contribution in [-0.4, -0.2) is 32.3 Å². The van der Waals surface area contributed by atoms with Gasteiger partial charge in [0.2, 0.25) is 0 Å². The summed E-state index contributed by atoms with van der Waals surface area (Å²) in [6, 6.07) is 9.58. The molecule has 1 atom stereocenters. The highest BCUT2D eigenvalue weighted by Crippen LogP contribution is 2.50. The third-order valence-corrected chi connectivity index (χ3v) is 5.75. The summed E-state index contributed by atoms with van der Waals surface area (Å²) < 4.78 is 16.9. The molecule has 1 unspecified atom stereocenters. The Morgan fingerprint density at radius 1 is 1.13 bits per heavy atom. The van der Waals surface area contributed by atoms with Crippen molar-refractivity contribution in [3.05, 3.63) is 53.1 Å². The van der Waals surface area contributed by atoms with Crippen LogP contribution in [0.4, 0.5) is 5.69 Å². The van der Waals surface area contributed by atoms with Gasteiger partial charge in [-0.15, -0.1) is 0 Å². The molecule has 0 spiro atoms. The molecule has 0 aromatic heterocycles. The van der Waals surface area contributed by atoms with Crippen molar-refractivity contribution >= 4 is 17.2 Å². The summed E-state index contributed by atoms with van der Waals surface area (Å²) in [6.45, 7) is 8.86. The summed E-state index contributed by atoms with van der Waals surface area (Å²) >= 11 is 0. The number of hydrogen-bond donors (Lipinski definition) is 1. The van der Waals surface area contributed by atoms with Crippen LogP contribution in [0.2, 0.25) is 0 Å². The normalized spacial score (nSPS) is 18.9. The smallest absolute Gasteiger partial charge is 0.255 e. The first-order valence-corrected chi connectivity index (χ1v) is 10.1. The summed E-state index contributed by atoms with van der Waals surface area (Å²) in [5.74, 6) is 1.81. The lowest BCUT2D eigenvalue weighted by Gasteiger charge is -2.51. The molecule has 0 saturated heterocycles. The average molecular weight is 408 g/mol. The summed E-state index contributed by atoms with van der Waals surface area (Å²) in [5.41, 5.74) is 4.18. The first-order valence-electron chi connectivity index (χ1n) is 10.1. The van der Waals surface area contributed by atoms with E-state index in [2.05, 4.69) is 37.1 Å². The van der Waals surface area contributed by atoms with Crippen LogP contribution < -0.4 is 24.4 Å². The molecule has 1 amide bonds. The number of ether oxygens (including phenoxy) is 3. The minimum absolute atomic E-state index is 0.135. The number of allylic oxidation sites excluding steroid dienone is 1. The molecule has 6 heteroatoms. The first-order chi connectivity index (χ1) is 14.3. The van der Waals surface area contributed by atoms with Gasteiger partial charge in [0, 0.05) is 11.1 Å². The molecule has 2 aromatic rings. The van der Waals surface area contributed by atoms with Crippen molar-refractivity contribution in [1.29, 1.82) is 0 Å². The number of hydrogen-bond acceptors (Lipinski definition) is 5. The van der Waals surface area contributed by atoms with E-state index in [9.17, 15) is 4.79 Å². The van der Waals surface area contributed by atoms with E-state index in [1.54, 1.807) is 14.2 Å². The molecule has 2 aromatic carbocycles. The minimum atomic E-state index is -0.411. The van der Waals surface area contributed by atoms with Crippen molar-refractivity contribution < 1.29 is 19.0 Å². The molecule has 6 nitrogen and oxygen atoms in total. The number of nitrogens with zero attached hydrogens (tertiary/aromatic N) is 1. The van der Waals surface area contributed by atoms with E-state index in [1.807, 2.05) is 37.3 Å². The van der Waals surface area contributed by atoms with Gasteiger partial charge in [-0.25, -0.2) is 0 Å². The van der Waals surface area contributed by atoms with Crippen molar-refractivity contribution in [2.45, 2.75) is 39.4 Å². The molecule has 0 bridgehead atoms. The second-order valence-electron chi connectivity index (χ2n) is 8.11. The SMILES string of the molecule is CCOc1cc2c3c(c1)C(C)=CC(C)(C)N3C(c1cccc(OC)c1OC)NC2=O. The number of anilines is 1. The van der Waals surface area contributed by atoms with Gasteiger partial charge in [-0.05, 0) is 51.5 Å². The molecule has 2 aliphatic heterocycles. The Morgan fingerprint density at radius 3 is 2.53 bits per heavy atom. The lowest BCUT2D eigenvalue weighted by Crippen LogP contribution is -2.56. The zero-order chi connectivity index (χ0) is 21.6. The van der Waals surface area contributed by atoms with Crippen molar-refractivity contribution in [3.8, 4) is 17.2 Å². The Bertz CT molecular complexity index is 1040. The quantitative estimate of drug-likeness (QED) is 0.787. The van der Waals surface area contributed by atoms with Gasteiger partial charge < -0.3 is 24.4 Å². The van der Waals surface area contributed by atoms with E-state index in [0.29, 0.717) is 29.4 Å². The summed E-state index contributed by atoms with van der Waals surface area (Å²) in [4.78, 5) is 15.5. The summed E-state index contributed by atoms with van der Waals surface area (Å²) in [5, 5.41) is 3.18. The van der Waals surface area contributed by atoms with Crippen LogP contribution in [0.3, 0.4) is 0 Å². The Kier molecular flexibility index (Phi) is 4.88. The third kappa shape index (κ3) is 2.98. The van der Waals surface area contributed by atoms with E-state index in [-0.39, 0.29) is 11.4 Å². The van der Waals surface area contributed by atoms with E-state index >= 15 is 0 Å². The number of rotatable bonds is 5. The van der Waals surface area contributed by atoms with Crippen LogP contribution in [0, 0.1) is 0 Å². The molecule has 2 aliphatic rings. The second-order valence-corrected chi connectivity index (χ2v) is 8.11. The van der Waals surface area contributed by atoms with Gasteiger partial charge in [0.15, 0.2) is 11.5 Å². The molecular weight excluding hydrogens is 380 g/mol. The number of benzene rings is 2. The van der Waals surface area contributed by atoms with Crippen LogP contribution in [0.25, 0.3) is 5.57 Å². The van der Waals surface area contributed by atoms with Gasteiger partial charge in [-0.1, -0.05) is 18.2 Å². The Hall–Kier alpha value is -3.15. The van der Waals surface area contributed by atoms with Crippen LogP contribution in [0.15, 0.2) is 36.4 Å². The maximum atomic E-state index is 13.3. The van der Waals surface area contributed by atoms with Crippen LogP contribution >= 0.6 is 0 Å². The highest BCUT2D eigenvalue weighted by Gasteiger charge is 2.44. The zero-order valence-corrected chi connectivity index (χ0v) is 18.3. The van der Waals surface area contributed by atoms with Crippen molar-refractivity contribution in [1.82, 2.24) is 5.32 Å². The van der Waals surface area contributed by atoms with Gasteiger partial charge in [0.1, 0.15) is 11.9 Å². The van der Waals surface area contributed by atoms with Crippen LogP contribution in [0.1, 0.15) is 55.3 Å². The number of carbonyl (C=O) groups excluding carboxylic acids is 1. The Labute approximate surface area is 177 Å². The molecule has 4 rings (SSSR count). The third-order valence-electron chi connectivity index (χ3n) is 5.75. The largest absolute Gasteiger partial charge is 0.494 e. The Morgan fingerprint density at radius 2 is 1.87 bits per heavy atom. The molecule has 0 aliphatic carbocycles. The summed E-state index contributed by atoms with van der Waals surface area (Å²) in [6.07, 6.45) is 1.82. The monoisotopic (exact) mass is 408 g/mol. The number of para-hydroxylation sites is 1. The zero-order valence-electron chi connectivity index (χ0n) is 18.3. The predicted molar refractivity (Wildman–Crippen MR) is 118 cm³/mol. The maximum absolute atomic E-state index is 13.3. The molecule has 158 valence electrons. The van der Waals surface area contributed by atoms with Gasteiger partial charge in [-0.3, -0.25) is 4.79 Å². The van der Waals surface area contributed by atoms with Crippen molar-refractivity contribution in [3.63, 3.8) is 0 Å². The number of nitrogens with one attached hydrogen (secondary N) is 1. The summed E-state index contributed by atoms with van der Waals surface area (Å²) in [7, 11) is 3.23. The van der Waals surface area contributed by atoms with E-state index in [0.717, 1.165) is 22.4 Å². The fourth-order valence-corrected chi connectivity index (χ4v) is 4.63. The number of amides is 1. The van der Waals surface area contributed by atoms with Crippen LogP contribution in [-0.2, 0) is 0 Å². The number of methoxy groups -OCH3 is 2. The molecule has 2 heterocycles. The second kappa shape index (κ2) is 7.27. The van der Waals surface area contributed by atoms with Gasteiger partial charge in [-0.2, -0.15) is 0 Å². The lowest BCUT2D eigenvalue weighted by atomic mass is 9.84.